The molecular weight excluding hydrogens is 947 g/mol. The van der Waals surface area contributed by atoms with Crippen molar-refractivity contribution in [2.45, 2.75) is 168 Å². The number of carbonyl (C=O) groups is 10. The van der Waals surface area contributed by atoms with Crippen molar-refractivity contribution >= 4 is 59.1 Å². The number of likely N-dealkylation sites (N-methyl/N-ethyl adjacent to an activating group) is 2. The smallest absolute Gasteiger partial charge is 0.329 e. The normalized spacial score (nSPS) is 25.7. The van der Waals surface area contributed by atoms with Gasteiger partial charge in [0, 0.05) is 40.5 Å². The number of cyclic esters (lactones) is 2. The highest BCUT2D eigenvalue weighted by atomic mass is 16.6. The molecule has 9 atom stereocenters. The van der Waals surface area contributed by atoms with Crippen LogP contribution in [0.5, 0.6) is 5.75 Å². The van der Waals surface area contributed by atoms with Gasteiger partial charge in [-0.05, 0) is 79.9 Å². The topological polar surface area (TPSA) is 268 Å². The predicted octanol–water partition coefficient (Wildman–Crippen LogP) is 1.54. The minimum atomic E-state index is -1.70. The van der Waals surface area contributed by atoms with Crippen molar-refractivity contribution in [2.75, 3.05) is 40.9 Å². The molecule has 3 aliphatic rings. The van der Waals surface area contributed by atoms with Crippen molar-refractivity contribution < 1.29 is 67.3 Å². The molecule has 4 rings (SSSR count). The molecule has 0 saturated carbocycles. The molecule has 7 amide bonds. The van der Waals surface area contributed by atoms with Crippen molar-refractivity contribution in [3.63, 3.8) is 0 Å². The summed E-state index contributed by atoms with van der Waals surface area (Å²) < 4.78 is 16.9. The zero-order valence-electron chi connectivity index (χ0n) is 44.6. The third kappa shape index (κ3) is 15.7. The van der Waals surface area contributed by atoms with Crippen molar-refractivity contribution in [1.29, 1.82) is 0 Å². The molecule has 21 heteroatoms. The van der Waals surface area contributed by atoms with Crippen LogP contribution in [0.1, 0.15) is 113 Å². The summed E-state index contributed by atoms with van der Waals surface area (Å²) in [7, 11) is 4.29. The van der Waals surface area contributed by atoms with E-state index in [0.29, 0.717) is 24.2 Å². The van der Waals surface area contributed by atoms with E-state index < -0.39 is 138 Å². The number of esters is 2. The van der Waals surface area contributed by atoms with Gasteiger partial charge in [-0.15, -0.1) is 0 Å². The molecule has 0 aliphatic carbocycles. The average molecular weight is 1030 g/mol. The summed E-state index contributed by atoms with van der Waals surface area (Å²) >= 11 is 0. The Morgan fingerprint density at radius 3 is 2.08 bits per heavy atom. The van der Waals surface area contributed by atoms with Gasteiger partial charge in [0.05, 0.1) is 25.7 Å². The number of ketones is 1. The lowest BCUT2D eigenvalue weighted by Crippen LogP contribution is -2.60. The van der Waals surface area contributed by atoms with E-state index in [9.17, 15) is 53.1 Å². The third-order valence-corrected chi connectivity index (χ3v) is 13.7. The summed E-state index contributed by atoms with van der Waals surface area (Å²) in [6.45, 7) is 14.6. The number of hydrogen-bond acceptors (Lipinski definition) is 14. The summed E-state index contributed by atoms with van der Waals surface area (Å²) in [4.78, 5) is 144. The number of Topliss-reactive ketones (excluding diaryl/α,β-unsaturated/α-hetero) is 1. The van der Waals surface area contributed by atoms with Crippen LogP contribution in [0.25, 0.3) is 0 Å². The number of methoxy groups -OCH3 is 1. The van der Waals surface area contributed by atoms with Crippen molar-refractivity contribution in [2.24, 2.45) is 23.7 Å². The molecule has 3 heterocycles. The maximum Gasteiger partial charge on any atom is 0.329 e. The quantitative estimate of drug-likeness (QED) is 0.152. The molecule has 3 aliphatic heterocycles. The van der Waals surface area contributed by atoms with Gasteiger partial charge in [0.25, 0.3) is 11.8 Å². The van der Waals surface area contributed by atoms with E-state index in [1.807, 2.05) is 27.7 Å². The number of amides is 7. The molecule has 406 valence electrons. The molecule has 0 aromatic heterocycles. The summed E-state index contributed by atoms with van der Waals surface area (Å²) in [5.74, 6) is -8.72. The summed E-state index contributed by atoms with van der Waals surface area (Å²) in [5, 5.41) is 19.7. The zero-order chi connectivity index (χ0) is 54.6. The molecule has 3 saturated heterocycles. The SMILES string of the molecule is COc1ccc(C[C@H]2C(=O)OC[C@H](NC(=O)[C@@H](CC(C)C)N(C)C(=O)[C@@H]3CCCN3C(=O)C(C)=O)C(=O)N[C@H](C(C)C)[C@@H](O)CC(=O)O[C@@H](C(C)C)C(=O)N[C@@H](CC(C)C)C(=O)N3CCC[C@H]3C(=O)N2C)cc1. The summed E-state index contributed by atoms with van der Waals surface area (Å²) in [5.41, 5.74) is 0.592. The van der Waals surface area contributed by atoms with E-state index in [2.05, 4.69) is 16.0 Å². The number of aliphatic hydroxyl groups is 1. The van der Waals surface area contributed by atoms with Crippen LogP contribution < -0.4 is 20.7 Å². The van der Waals surface area contributed by atoms with Crippen LogP contribution in [0.3, 0.4) is 0 Å². The van der Waals surface area contributed by atoms with Crippen LogP contribution in [-0.4, -0.2) is 179 Å². The lowest BCUT2D eigenvalue weighted by Gasteiger charge is -2.35. The van der Waals surface area contributed by atoms with E-state index in [1.165, 1.54) is 40.8 Å². The number of likely N-dealkylation sites (tertiary alicyclic amines) is 1. The average Bonchev–Trinajstić information content (AvgIpc) is 4.03. The number of fused-ring (bicyclic) bond motifs is 1. The zero-order valence-corrected chi connectivity index (χ0v) is 44.6. The Hall–Kier alpha value is -6.12. The van der Waals surface area contributed by atoms with E-state index >= 15 is 0 Å². The highest BCUT2D eigenvalue weighted by Gasteiger charge is 2.44. The number of ether oxygens (including phenoxy) is 3. The molecule has 21 nitrogen and oxygen atoms in total. The first-order valence-corrected chi connectivity index (χ1v) is 25.5. The lowest BCUT2D eigenvalue weighted by atomic mass is 9.95. The Balaban J connectivity index is 1.82. The van der Waals surface area contributed by atoms with Gasteiger partial charge < -0.3 is 54.9 Å². The van der Waals surface area contributed by atoms with Gasteiger partial charge in [-0.1, -0.05) is 67.5 Å². The Labute approximate surface area is 429 Å². The van der Waals surface area contributed by atoms with Gasteiger partial charge in [-0.2, -0.15) is 0 Å². The van der Waals surface area contributed by atoms with Crippen LogP contribution in [0.2, 0.25) is 0 Å². The molecular formula is C52H79N7O14. The van der Waals surface area contributed by atoms with Crippen molar-refractivity contribution in [1.82, 2.24) is 35.6 Å². The first kappa shape index (κ1) is 59.4. The first-order valence-electron chi connectivity index (χ1n) is 25.5. The number of nitrogens with zero attached hydrogens (tertiary/aromatic N) is 4. The first-order chi connectivity index (χ1) is 34.3. The highest BCUT2D eigenvalue weighted by Crippen LogP contribution is 2.26. The third-order valence-electron chi connectivity index (χ3n) is 13.7. The maximum absolute atomic E-state index is 14.7. The van der Waals surface area contributed by atoms with Gasteiger partial charge in [0.15, 0.2) is 6.10 Å². The van der Waals surface area contributed by atoms with Gasteiger partial charge in [0.2, 0.25) is 35.3 Å². The number of hydrogen-bond donors (Lipinski definition) is 4. The molecule has 1 aromatic carbocycles. The minimum absolute atomic E-state index is 0.0795. The molecule has 4 N–H and O–H groups in total. The summed E-state index contributed by atoms with van der Waals surface area (Å²) in [6, 6.07) is -1.93. The molecule has 0 bridgehead atoms. The van der Waals surface area contributed by atoms with E-state index in [0.717, 1.165) is 6.92 Å². The van der Waals surface area contributed by atoms with Gasteiger partial charge in [0.1, 0.15) is 48.6 Å². The Kier molecular flexibility index (Phi) is 21.8. The lowest BCUT2D eigenvalue weighted by molar-refractivity contribution is -0.161. The second-order valence-electron chi connectivity index (χ2n) is 21.1. The van der Waals surface area contributed by atoms with Gasteiger partial charge >= 0.3 is 11.9 Å². The van der Waals surface area contributed by atoms with E-state index in [1.54, 1.807) is 52.0 Å². The molecule has 0 unspecified atom stereocenters. The molecule has 73 heavy (non-hydrogen) atoms. The summed E-state index contributed by atoms with van der Waals surface area (Å²) in [6.07, 6.45) is -2.17. The van der Waals surface area contributed by atoms with Gasteiger partial charge in [-0.25, -0.2) is 4.79 Å². The molecule has 0 radical (unpaired) electrons. The van der Waals surface area contributed by atoms with E-state index in [-0.39, 0.29) is 57.0 Å². The molecule has 3 fully saturated rings. The predicted molar refractivity (Wildman–Crippen MR) is 266 cm³/mol. The maximum atomic E-state index is 14.7. The second-order valence-corrected chi connectivity index (χ2v) is 21.1. The molecule has 1 aromatic rings. The van der Waals surface area contributed by atoms with E-state index in [4.69, 9.17) is 14.2 Å². The molecule has 0 spiro atoms. The number of rotatable bonds is 14. The number of benzene rings is 1. The van der Waals surface area contributed by atoms with Crippen LogP contribution >= 0.6 is 0 Å². The van der Waals surface area contributed by atoms with Gasteiger partial charge in [-0.3, -0.25) is 43.2 Å². The fraction of sp³-hybridized carbons (Fsp3) is 0.692. The number of nitrogens with one attached hydrogen (secondary N) is 3. The number of carbonyl (C=O) groups excluding carboxylic acids is 10. The van der Waals surface area contributed by atoms with Crippen molar-refractivity contribution in [3.8, 4) is 5.75 Å². The Morgan fingerprint density at radius 1 is 0.863 bits per heavy atom. The minimum Gasteiger partial charge on any atom is -0.497 e. The van der Waals surface area contributed by atoms with Crippen molar-refractivity contribution in [3.05, 3.63) is 29.8 Å². The standard InChI is InChI=1S/C52H79N7O14/c1-28(2)23-35-49(67)59-22-14-16-38(59)51(69)57(11)40(25-33-17-19-34(71-12)20-18-33)52(70)72-27-36(45(63)55-43(30(5)6)41(61)26-42(62)73-44(31(7)8)47(65)53-35)54-46(64)39(24-29(3)4)56(10)50(68)37-15-13-21-58(37)48(66)32(9)60/h17-20,28-31,35-41,43-44,61H,13-16,21-27H2,1-12H3,(H,53,65)(H,54,64)(H,55,63)/t35-,36-,37-,38-,39+,40-,41-,43+,44-/m0/s1. The highest BCUT2D eigenvalue weighted by molar-refractivity contribution is 6.35. The Bertz CT molecular complexity index is 2170. The number of aliphatic hydroxyl groups excluding tert-OH is 1. The monoisotopic (exact) mass is 1030 g/mol. The fourth-order valence-corrected chi connectivity index (χ4v) is 9.60. The second kappa shape index (κ2) is 26.7. The fourth-order valence-electron chi connectivity index (χ4n) is 9.60. The van der Waals surface area contributed by atoms with Crippen LogP contribution in [0.4, 0.5) is 0 Å². The van der Waals surface area contributed by atoms with Crippen LogP contribution in [0, 0.1) is 23.7 Å². The van der Waals surface area contributed by atoms with Crippen LogP contribution in [0.15, 0.2) is 24.3 Å². The van der Waals surface area contributed by atoms with Crippen LogP contribution in [-0.2, 0) is 63.8 Å². The largest absolute Gasteiger partial charge is 0.497 e. The Morgan fingerprint density at radius 2 is 1.51 bits per heavy atom.